The lowest BCUT2D eigenvalue weighted by Gasteiger charge is -2.27. The van der Waals surface area contributed by atoms with Gasteiger partial charge >= 0.3 is 0 Å². The number of benzene rings is 1. The van der Waals surface area contributed by atoms with Crippen LogP contribution in [0.15, 0.2) is 59.3 Å². The van der Waals surface area contributed by atoms with E-state index < -0.39 is 18.2 Å². The molecule has 0 aliphatic heterocycles. The number of hydrogen-bond acceptors (Lipinski definition) is 4. The van der Waals surface area contributed by atoms with E-state index in [1.165, 1.54) is 0 Å². The molecular weight excluding hydrogens is 418 g/mol. The molecule has 0 amide bonds. The lowest BCUT2D eigenvalue weighted by Crippen LogP contribution is -2.15. The zero-order chi connectivity index (χ0) is 26.7. The van der Waals surface area contributed by atoms with Crippen molar-refractivity contribution in [1.82, 2.24) is 15.0 Å². The summed E-state index contributed by atoms with van der Waals surface area (Å²) in [4.78, 5) is 13.9. The molecule has 172 valence electrons. The van der Waals surface area contributed by atoms with E-state index in [1.807, 2.05) is 71.1 Å². The van der Waals surface area contributed by atoms with Gasteiger partial charge in [0.1, 0.15) is 5.58 Å². The van der Waals surface area contributed by atoms with Gasteiger partial charge in [-0.15, -0.1) is 0 Å². The number of aryl methyl sites for hydroxylation is 3. The molecule has 5 rings (SSSR count). The molecule has 4 heteroatoms. The third kappa shape index (κ3) is 3.87. The van der Waals surface area contributed by atoms with Crippen molar-refractivity contribution >= 4 is 22.1 Å². The Morgan fingerprint density at radius 3 is 2.44 bits per heavy atom. The second kappa shape index (κ2) is 8.05. The Morgan fingerprint density at radius 1 is 0.912 bits per heavy atom. The Morgan fingerprint density at radius 2 is 1.71 bits per heavy atom. The van der Waals surface area contributed by atoms with Crippen LogP contribution in [0.4, 0.5) is 0 Å². The molecular formula is C30H31N3O. The van der Waals surface area contributed by atoms with Gasteiger partial charge in [-0.1, -0.05) is 27.6 Å². The van der Waals surface area contributed by atoms with E-state index in [0.717, 1.165) is 61.3 Å². The molecule has 4 nitrogen and oxygen atoms in total. The molecule has 1 aromatic carbocycles. The monoisotopic (exact) mass is 452 g/mol. The van der Waals surface area contributed by atoms with Crippen molar-refractivity contribution < 1.29 is 8.53 Å². The molecule has 0 aliphatic rings. The summed E-state index contributed by atoms with van der Waals surface area (Å²) < 4.78 is 30.5. The molecule has 0 aliphatic carbocycles. The quantitative estimate of drug-likeness (QED) is 0.277. The number of pyridine rings is 3. The largest absolute Gasteiger partial charge is 0.438 e. The van der Waals surface area contributed by atoms with E-state index in [1.54, 1.807) is 6.20 Å². The van der Waals surface area contributed by atoms with Gasteiger partial charge in [-0.3, -0.25) is 9.97 Å². The summed E-state index contributed by atoms with van der Waals surface area (Å²) in [5, 5.41) is 1.85. The van der Waals surface area contributed by atoms with Gasteiger partial charge in [0.25, 0.3) is 0 Å². The van der Waals surface area contributed by atoms with Crippen LogP contribution in [-0.4, -0.2) is 15.0 Å². The summed E-state index contributed by atoms with van der Waals surface area (Å²) in [5.41, 5.74) is 8.46. The fourth-order valence-electron chi connectivity index (χ4n) is 4.70. The topological polar surface area (TPSA) is 51.8 Å². The summed E-state index contributed by atoms with van der Waals surface area (Å²) in [7, 11) is 0. The van der Waals surface area contributed by atoms with Crippen LogP contribution >= 0.6 is 0 Å². The first-order valence-electron chi connectivity index (χ1n) is 13.1. The number of nitrogens with zero attached hydrogens (tertiary/aromatic N) is 3. The molecule has 1 atom stereocenters. The van der Waals surface area contributed by atoms with Crippen molar-refractivity contribution in [2.24, 2.45) is 5.41 Å². The normalized spacial score (nSPS) is 14.7. The van der Waals surface area contributed by atoms with Crippen LogP contribution in [0.1, 0.15) is 60.2 Å². The van der Waals surface area contributed by atoms with Crippen molar-refractivity contribution in [3.05, 3.63) is 77.4 Å². The van der Waals surface area contributed by atoms with Gasteiger partial charge in [0.15, 0.2) is 0 Å². The van der Waals surface area contributed by atoms with Crippen LogP contribution in [0.25, 0.3) is 44.5 Å². The minimum Gasteiger partial charge on any atom is -0.438 e. The van der Waals surface area contributed by atoms with Crippen LogP contribution in [0.3, 0.4) is 0 Å². The van der Waals surface area contributed by atoms with Crippen LogP contribution in [0.5, 0.6) is 0 Å². The Labute approximate surface area is 205 Å². The van der Waals surface area contributed by atoms with Crippen LogP contribution < -0.4 is 0 Å². The van der Waals surface area contributed by atoms with Crippen LogP contribution in [-0.2, 0) is 0 Å². The SMILES string of the molecule is [2H]C([2H])([2H])C(c1ccnc(-c2ccc3oc4ncc(-c5c(C)cc(C)nc5C)cc4c3c2)c1)C(C)(C)C. The fourth-order valence-corrected chi connectivity index (χ4v) is 4.70. The molecule has 0 fully saturated rings. The number of fused-ring (bicyclic) bond motifs is 3. The summed E-state index contributed by atoms with van der Waals surface area (Å²) in [6, 6.07) is 13.8. The molecule has 4 heterocycles. The molecule has 1 unspecified atom stereocenters. The van der Waals surface area contributed by atoms with E-state index in [2.05, 4.69) is 34.0 Å². The molecule has 0 saturated heterocycles. The smallest absolute Gasteiger partial charge is 0.227 e. The lowest BCUT2D eigenvalue weighted by molar-refractivity contribution is 0.339. The molecule has 0 bridgehead atoms. The van der Waals surface area contributed by atoms with Gasteiger partial charge in [0.05, 0.1) is 5.69 Å². The summed E-state index contributed by atoms with van der Waals surface area (Å²) in [5.74, 6) is -0.610. The third-order valence-corrected chi connectivity index (χ3v) is 6.42. The van der Waals surface area contributed by atoms with Gasteiger partial charge in [0.2, 0.25) is 5.71 Å². The second-order valence-electron chi connectivity index (χ2n) is 10.2. The standard InChI is InChI=1S/C30H31N3O/c1-17-12-18(2)33-20(4)28(17)23-14-25-24-13-22(8-9-27(24)34-29(25)32-16-23)26-15-21(10-11-31-26)19(3)30(5,6)7/h8-16,19H,1-7H3/i3D3. The Bertz CT molecular complexity index is 1610. The highest BCUT2D eigenvalue weighted by Crippen LogP contribution is 2.37. The summed E-state index contributed by atoms with van der Waals surface area (Å²) in [6.45, 7) is 9.89. The van der Waals surface area contributed by atoms with Gasteiger partial charge in [-0.05, 0) is 85.7 Å². The lowest BCUT2D eigenvalue weighted by atomic mass is 9.78. The zero-order valence-electron chi connectivity index (χ0n) is 23.5. The van der Waals surface area contributed by atoms with E-state index >= 15 is 0 Å². The second-order valence-corrected chi connectivity index (χ2v) is 10.2. The van der Waals surface area contributed by atoms with Gasteiger partial charge in [0, 0.05) is 55.4 Å². The molecule has 0 spiro atoms. The molecule has 0 radical (unpaired) electrons. The van der Waals surface area contributed by atoms with E-state index in [0.29, 0.717) is 5.71 Å². The molecule has 0 N–H and O–H groups in total. The first-order valence-corrected chi connectivity index (χ1v) is 11.6. The average Bonchev–Trinajstić information content (AvgIpc) is 3.14. The highest BCUT2D eigenvalue weighted by atomic mass is 16.3. The van der Waals surface area contributed by atoms with Gasteiger partial charge < -0.3 is 4.42 Å². The van der Waals surface area contributed by atoms with E-state index in [-0.39, 0.29) is 0 Å². The van der Waals surface area contributed by atoms with E-state index in [9.17, 15) is 0 Å². The van der Waals surface area contributed by atoms with Gasteiger partial charge in [-0.2, -0.15) is 0 Å². The molecule has 4 aromatic heterocycles. The highest BCUT2D eigenvalue weighted by Gasteiger charge is 2.22. The minimum absolute atomic E-state index is 0.433. The molecule has 5 aromatic rings. The van der Waals surface area contributed by atoms with Gasteiger partial charge in [-0.25, -0.2) is 4.98 Å². The van der Waals surface area contributed by atoms with Crippen LogP contribution in [0, 0.1) is 26.2 Å². The maximum atomic E-state index is 8.16. The van der Waals surface area contributed by atoms with E-state index in [4.69, 9.17) is 8.53 Å². The number of furan rings is 1. The fraction of sp³-hybridized carbons (Fsp3) is 0.300. The predicted octanol–water partition coefficient (Wildman–Crippen LogP) is 8.18. The Hall–Kier alpha value is -3.53. The van der Waals surface area contributed by atoms with Crippen molar-refractivity contribution in [1.29, 1.82) is 0 Å². The first-order chi connectivity index (χ1) is 17.3. The van der Waals surface area contributed by atoms with Crippen molar-refractivity contribution in [2.45, 2.75) is 54.3 Å². The first kappa shape index (κ1) is 18.8. The van der Waals surface area contributed by atoms with Crippen molar-refractivity contribution in [2.75, 3.05) is 0 Å². The highest BCUT2D eigenvalue weighted by molar-refractivity contribution is 6.06. The molecule has 0 saturated carbocycles. The molecule has 34 heavy (non-hydrogen) atoms. The Kier molecular flexibility index (Phi) is 4.46. The van der Waals surface area contributed by atoms with Crippen molar-refractivity contribution in [3.8, 4) is 22.4 Å². The minimum atomic E-state index is -2.12. The number of aromatic nitrogens is 3. The average molecular weight is 453 g/mol. The zero-order valence-corrected chi connectivity index (χ0v) is 20.5. The van der Waals surface area contributed by atoms with Crippen molar-refractivity contribution in [3.63, 3.8) is 0 Å². The summed E-state index contributed by atoms with van der Waals surface area (Å²) in [6.07, 6.45) is 3.53. The maximum Gasteiger partial charge on any atom is 0.227 e. The maximum absolute atomic E-state index is 8.16. The number of rotatable bonds is 3. The number of hydrogen-bond donors (Lipinski definition) is 0. The summed E-state index contributed by atoms with van der Waals surface area (Å²) >= 11 is 0. The third-order valence-electron chi connectivity index (χ3n) is 6.42. The predicted molar refractivity (Wildman–Crippen MR) is 140 cm³/mol. The Balaban J connectivity index is 1.64. The van der Waals surface area contributed by atoms with Crippen LogP contribution in [0.2, 0.25) is 0 Å².